The Hall–Kier alpha value is -3.47. The lowest BCUT2D eigenvalue weighted by molar-refractivity contribution is -0.147. The van der Waals surface area contributed by atoms with Gasteiger partial charge in [0.2, 0.25) is 0 Å². The van der Waals surface area contributed by atoms with Gasteiger partial charge in [-0.25, -0.2) is 0 Å². The Morgan fingerprint density at radius 1 is 1.09 bits per heavy atom. The maximum absolute atomic E-state index is 12.4. The second kappa shape index (κ2) is 13.0. The smallest absolute Gasteiger partial charge is 0.321 e. The number of rotatable bonds is 9. The predicted molar refractivity (Wildman–Crippen MR) is 170 cm³/mol. The van der Waals surface area contributed by atoms with E-state index in [-0.39, 0.29) is 5.41 Å². The average molecular weight is 582 g/mol. The first-order valence-corrected chi connectivity index (χ1v) is 15.9. The van der Waals surface area contributed by atoms with Crippen LogP contribution in [0.25, 0.3) is 0 Å². The van der Waals surface area contributed by atoms with Crippen LogP contribution >= 0.6 is 0 Å². The molecule has 2 saturated heterocycles. The molecule has 0 unspecified atom stereocenters. The predicted octanol–water partition coefficient (Wildman–Crippen LogP) is 6.07. The fourth-order valence-electron chi connectivity index (χ4n) is 7.51. The Morgan fingerprint density at radius 2 is 1.84 bits per heavy atom. The van der Waals surface area contributed by atoms with Gasteiger partial charge in [-0.05, 0) is 80.4 Å². The minimum absolute atomic E-state index is 0.324. The quantitative estimate of drug-likeness (QED) is 0.330. The van der Waals surface area contributed by atoms with Gasteiger partial charge in [0.1, 0.15) is 6.04 Å². The summed E-state index contributed by atoms with van der Waals surface area (Å²) in [5.74, 6) is 0.472. The number of carbonyl (C=O) groups is 1. The minimum atomic E-state index is -0.721. The third-order valence-electron chi connectivity index (χ3n) is 9.46. The number of likely N-dealkylation sites (tertiary alicyclic amines) is 2. The molecule has 43 heavy (non-hydrogen) atoms. The molecule has 0 radical (unpaired) electrons. The second-order valence-corrected chi connectivity index (χ2v) is 13.8. The third kappa shape index (κ3) is 7.20. The highest BCUT2D eigenvalue weighted by Crippen LogP contribution is 2.39. The topological polar surface area (TPSA) is 85.4 Å². The Bertz CT molecular complexity index is 1460. The fraction of sp³-hybridized carbons (Fsp3) is 0.528. The van der Waals surface area contributed by atoms with E-state index in [4.69, 9.17) is 5.10 Å². The molecule has 0 bridgehead atoms. The molecule has 1 N–H and O–H groups in total. The summed E-state index contributed by atoms with van der Waals surface area (Å²) < 4.78 is 2.17. The number of piperidine rings is 1. The van der Waals surface area contributed by atoms with Gasteiger partial charge in [0.25, 0.3) is 0 Å². The van der Waals surface area contributed by atoms with Crippen molar-refractivity contribution in [1.29, 1.82) is 5.26 Å². The molecule has 1 aromatic heterocycles. The number of aryl methyl sites for hydroxylation is 2. The van der Waals surface area contributed by atoms with Crippen molar-refractivity contribution in [3.05, 3.63) is 88.2 Å². The van der Waals surface area contributed by atoms with Crippen molar-refractivity contribution >= 4 is 5.97 Å². The highest BCUT2D eigenvalue weighted by atomic mass is 16.4. The number of carboxylic acids is 1. The van der Waals surface area contributed by atoms with E-state index < -0.39 is 12.0 Å². The molecule has 3 heterocycles. The van der Waals surface area contributed by atoms with Gasteiger partial charge in [0, 0.05) is 50.1 Å². The zero-order chi connectivity index (χ0) is 30.7. The molecular formula is C36H47N5O2. The number of benzene rings is 2. The normalized spacial score (nSPS) is 21.1. The Balaban J connectivity index is 1.27. The maximum atomic E-state index is 12.4. The summed E-state index contributed by atoms with van der Waals surface area (Å²) in [6.45, 7) is 15.9. The number of nitrogens with zero attached hydrogens (tertiary/aromatic N) is 5. The van der Waals surface area contributed by atoms with Crippen LogP contribution in [-0.2, 0) is 17.8 Å². The number of hydrogen-bond acceptors (Lipinski definition) is 5. The monoisotopic (exact) mass is 581 g/mol. The van der Waals surface area contributed by atoms with Crippen molar-refractivity contribution in [2.24, 2.45) is 11.3 Å². The lowest BCUT2D eigenvalue weighted by atomic mass is 9.85. The Kier molecular flexibility index (Phi) is 9.39. The van der Waals surface area contributed by atoms with Crippen LogP contribution in [0.4, 0.5) is 0 Å². The number of nitriles is 1. The summed E-state index contributed by atoms with van der Waals surface area (Å²) in [5.41, 5.74) is 6.45. The van der Waals surface area contributed by atoms with Gasteiger partial charge < -0.3 is 10.0 Å². The molecule has 3 aromatic rings. The molecule has 0 amide bonds. The van der Waals surface area contributed by atoms with Gasteiger partial charge in [-0.1, -0.05) is 62.7 Å². The number of carboxylic acid groups (broad SMARTS) is 1. The van der Waals surface area contributed by atoms with E-state index in [9.17, 15) is 15.2 Å². The van der Waals surface area contributed by atoms with E-state index in [1.807, 2.05) is 39.0 Å². The molecule has 0 aliphatic carbocycles. The van der Waals surface area contributed by atoms with Crippen molar-refractivity contribution in [2.75, 3.05) is 32.7 Å². The summed E-state index contributed by atoms with van der Waals surface area (Å²) in [7, 11) is 0. The molecule has 0 spiro atoms. The van der Waals surface area contributed by atoms with Gasteiger partial charge in [-0.15, -0.1) is 0 Å². The first kappa shape index (κ1) is 31.0. The lowest BCUT2D eigenvalue weighted by Crippen LogP contribution is -2.48. The molecule has 2 aromatic carbocycles. The van der Waals surface area contributed by atoms with Crippen LogP contribution in [0.15, 0.2) is 54.6 Å². The van der Waals surface area contributed by atoms with E-state index in [0.717, 1.165) is 69.8 Å². The number of aliphatic carboxylic acids is 1. The highest BCUT2D eigenvalue weighted by Gasteiger charge is 2.44. The van der Waals surface area contributed by atoms with E-state index in [0.29, 0.717) is 23.3 Å². The van der Waals surface area contributed by atoms with Crippen LogP contribution in [0.2, 0.25) is 0 Å². The van der Waals surface area contributed by atoms with Gasteiger partial charge in [0.05, 0.1) is 17.3 Å². The van der Waals surface area contributed by atoms with Gasteiger partial charge in [-0.3, -0.25) is 14.4 Å². The summed E-state index contributed by atoms with van der Waals surface area (Å²) in [5, 5.41) is 24.4. The first-order valence-electron chi connectivity index (χ1n) is 15.9. The maximum Gasteiger partial charge on any atom is 0.321 e. The summed E-state index contributed by atoms with van der Waals surface area (Å²) >= 11 is 0. The number of aromatic nitrogens is 2. The minimum Gasteiger partial charge on any atom is -0.480 e. The summed E-state index contributed by atoms with van der Waals surface area (Å²) in [4.78, 5) is 17.3. The van der Waals surface area contributed by atoms with E-state index in [1.165, 1.54) is 16.8 Å². The largest absolute Gasteiger partial charge is 0.480 e. The molecule has 2 aliphatic heterocycles. The van der Waals surface area contributed by atoms with Crippen molar-refractivity contribution in [1.82, 2.24) is 19.6 Å². The average Bonchev–Trinajstić information content (AvgIpc) is 3.56. The molecule has 3 atom stereocenters. The first-order chi connectivity index (χ1) is 20.5. The lowest BCUT2D eigenvalue weighted by Gasteiger charge is -2.36. The highest BCUT2D eigenvalue weighted by molar-refractivity contribution is 5.74. The van der Waals surface area contributed by atoms with Crippen LogP contribution in [0.5, 0.6) is 0 Å². The molecule has 7 nitrogen and oxygen atoms in total. The SMILES string of the molecule is CCn1nc(Cc2cccc(C#N)c2)cc1C1CCN(C[C@H]2CN([C@@H](C(=O)O)C(C)(C)C)C[C@@H]2c2cccc(C)c2)CC1. The zero-order valence-corrected chi connectivity index (χ0v) is 26.5. The molecule has 0 saturated carbocycles. The van der Waals surface area contributed by atoms with E-state index in [2.05, 4.69) is 70.8 Å². The molecule has 2 aliphatic rings. The van der Waals surface area contributed by atoms with Crippen LogP contribution < -0.4 is 0 Å². The molecule has 228 valence electrons. The zero-order valence-electron chi connectivity index (χ0n) is 26.5. The van der Waals surface area contributed by atoms with Gasteiger partial charge >= 0.3 is 5.97 Å². The molecule has 7 heteroatoms. The third-order valence-corrected chi connectivity index (χ3v) is 9.46. The molecular weight excluding hydrogens is 534 g/mol. The van der Waals surface area contributed by atoms with Gasteiger partial charge in [0.15, 0.2) is 0 Å². The van der Waals surface area contributed by atoms with Crippen molar-refractivity contribution in [3.8, 4) is 6.07 Å². The van der Waals surface area contributed by atoms with Gasteiger partial charge in [-0.2, -0.15) is 10.4 Å². The van der Waals surface area contributed by atoms with Crippen LogP contribution in [-0.4, -0.2) is 69.4 Å². The van der Waals surface area contributed by atoms with Crippen molar-refractivity contribution in [2.45, 2.75) is 78.3 Å². The Labute approximate surface area is 257 Å². The van der Waals surface area contributed by atoms with E-state index >= 15 is 0 Å². The van der Waals surface area contributed by atoms with E-state index in [1.54, 1.807) is 0 Å². The fourth-order valence-corrected chi connectivity index (χ4v) is 7.51. The van der Waals surface area contributed by atoms with Crippen molar-refractivity contribution < 1.29 is 9.90 Å². The Morgan fingerprint density at radius 3 is 2.49 bits per heavy atom. The van der Waals surface area contributed by atoms with Crippen LogP contribution in [0.1, 0.15) is 86.0 Å². The van der Waals surface area contributed by atoms with Crippen LogP contribution in [0, 0.1) is 29.6 Å². The summed E-state index contributed by atoms with van der Waals surface area (Å²) in [6, 6.07) is 20.6. The summed E-state index contributed by atoms with van der Waals surface area (Å²) in [6.07, 6.45) is 2.93. The van der Waals surface area contributed by atoms with Crippen molar-refractivity contribution in [3.63, 3.8) is 0 Å². The van der Waals surface area contributed by atoms with Crippen LogP contribution in [0.3, 0.4) is 0 Å². The second-order valence-electron chi connectivity index (χ2n) is 13.8. The molecule has 2 fully saturated rings. The molecule has 5 rings (SSSR count). The number of hydrogen-bond donors (Lipinski definition) is 1. The standard InChI is InChI=1S/C36H47N5O2/c1-6-41-33(20-31(38-41)19-26-10-8-11-27(18-26)21-37)28-13-15-39(16-14-28)22-30-23-40(34(35(42)43)36(3,4)5)24-32(30)29-12-7-9-25(2)17-29/h7-12,17-18,20,28,30,32,34H,6,13-16,19,22-24H2,1-5H3,(H,42,43)/t30-,32+,34-/m0/s1.